The molecule has 21 heavy (non-hydrogen) atoms. The fourth-order valence-electron chi connectivity index (χ4n) is 2.92. The number of ether oxygens (including phenoxy) is 2. The van der Waals surface area contributed by atoms with E-state index < -0.39 is 6.10 Å². The number of methoxy groups -OCH3 is 1. The Balaban J connectivity index is 1.77. The van der Waals surface area contributed by atoms with E-state index in [4.69, 9.17) is 4.74 Å². The molecule has 0 radical (unpaired) electrons. The Kier molecular flexibility index (Phi) is 3.82. The third-order valence-electron chi connectivity index (χ3n) is 4.10. The maximum atomic E-state index is 12.0. The normalized spacial score (nSPS) is 19.9. The van der Waals surface area contributed by atoms with Crippen molar-refractivity contribution < 1.29 is 19.1 Å². The Morgan fingerprint density at radius 1 is 1.33 bits per heavy atom. The molecule has 0 saturated carbocycles. The summed E-state index contributed by atoms with van der Waals surface area (Å²) in [6.07, 6.45) is 4.39. The van der Waals surface area contributed by atoms with E-state index in [9.17, 15) is 9.59 Å². The minimum absolute atomic E-state index is 0.175. The molecule has 0 saturated heterocycles. The van der Waals surface area contributed by atoms with Gasteiger partial charge in [0.25, 0.3) is 5.91 Å². The molecular formula is C16H19NO4. The number of rotatable bonds is 3. The summed E-state index contributed by atoms with van der Waals surface area (Å²) in [5, 5.41) is 2.89. The zero-order valence-electron chi connectivity index (χ0n) is 12.1. The molecule has 5 nitrogen and oxygen atoms in total. The van der Waals surface area contributed by atoms with Gasteiger partial charge in [-0.05, 0) is 48.9 Å². The van der Waals surface area contributed by atoms with Crippen LogP contribution in [0.5, 0.6) is 5.75 Å². The van der Waals surface area contributed by atoms with Crippen molar-refractivity contribution in [3.63, 3.8) is 0 Å². The first-order valence-electron chi connectivity index (χ1n) is 7.37. The number of aryl methyl sites for hydroxylation is 2. The van der Waals surface area contributed by atoms with Gasteiger partial charge in [0.05, 0.1) is 12.8 Å². The van der Waals surface area contributed by atoms with Gasteiger partial charge in [0.15, 0.2) is 6.10 Å². The van der Waals surface area contributed by atoms with E-state index in [1.165, 1.54) is 31.1 Å². The predicted molar refractivity (Wildman–Crippen MR) is 77.4 cm³/mol. The molecule has 112 valence electrons. The standard InChI is InChI=1S/C16H19NO4/c1-20-15(18)7-6-13-16(19)17-12-8-10-4-2-3-5-11(10)9-14(12)21-13/h8-9,13H,2-7H2,1H3,(H,17,19)/t13-/m0/s1. The SMILES string of the molecule is COC(=O)CC[C@@H]1Oc2cc3c(cc2NC1=O)CCCC3. The van der Waals surface area contributed by atoms with Crippen LogP contribution in [0.25, 0.3) is 0 Å². The Bertz CT molecular complexity index is 582. The van der Waals surface area contributed by atoms with Crippen molar-refractivity contribution in [2.75, 3.05) is 12.4 Å². The topological polar surface area (TPSA) is 64.6 Å². The lowest BCUT2D eigenvalue weighted by atomic mass is 9.90. The molecule has 1 aliphatic carbocycles. The van der Waals surface area contributed by atoms with E-state index in [-0.39, 0.29) is 18.3 Å². The molecule has 0 unspecified atom stereocenters. The number of fused-ring (bicyclic) bond motifs is 2. The number of carbonyl (C=O) groups excluding carboxylic acids is 2. The van der Waals surface area contributed by atoms with Crippen molar-refractivity contribution in [1.29, 1.82) is 0 Å². The van der Waals surface area contributed by atoms with Crippen LogP contribution in [0.2, 0.25) is 0 Å². The van der Waals surface area contributed by atoms with Crippen LogP contribution >= 0.6 is 0 Å². The van der Waals surface area contributed by atoms with Crippen molar-refractivity contribution in [2.45, 2.75) is 44.6 Å². The summed E-state index contributed by atoms with van der Waals surface area (Å²) in [4.78, 5) is 23.2. The Labute approximate surface area is 123 Å². The minimum atomic E-state index is -0.627. The van der Waals surface area contributed by atoms with Gasteiger partial charge in [0.1, 0.15) is 5.75 Å². The largest absolute Gasteiger partial charge is 0.478 e. The molecule has 1 aromatic rings. The average Bonchev–Trinajstić information content (AvgIpc) is 2.50. The van der Waals surface area contributed by atoms with Gasteiger partial charge in [0, 0.05) is 12.8 Å². The molecule has 2 aliphatic rings. The van der Waals surface area contributed by atoms with Crippen molar-refractivity contribution in [3.05, 3.63) is 23.3 Å². The quantitative estimate of drug-likeness (QED) is 0.867. The predicted octanol–water partition coefficient (Wildman–Crippen LogP) is 2.22. The molecule has 0 fully saturated rings. The number of hydrogen-bond donors (Lipinski definition) is 1. The van der Waals surface area contributed by atoms with Gasteiger partial charge in [-0.2, -0.15) is 0 Å². The van der Waals surface area contributed by atoms with Gasteiger partial charge in [-0.3, -0.25) is 9.59 Å². The van der Waals surface area contributed by atoms with E-state index >= 15 is 0 Å². The molecule has 0 aromatic heterocycles. The highest BCUT2D eigenvalue weighted by Crippen LogP contribution is 2.36. The maximum Gasteiger partial charge on any atom is 0.305 e. The fourth-order valence-corrected chi connectivity index (χ4v) is 2.92. The lowest BCUT2D eigenvalue weighted by Crippen LogP contribution is -2.37. The Hall–Kier alpha value is -2.04. The van der Waals surface area contributed by atoms with Crippen LogP contribution in [0.1, 0.15) is 36.8 Å². The summed E-state index contributed by atoms with van der Waals surface area (Å²) >= 11 is 0. The lowest BCUT2D eigenvalue weighted by molar-refractivity contribution is -0.141. The highest BCUT2D eigenvalue weighted by atomic mass is 16.5. The smallest absolute Gasteiger partial charge is 0.305 e. The number of amides is 1. The second kappa shape index (κ2) is 5.76. The van der Waals surface area contributed by atoms with Gasteiger partial charge in [0.2, 0.25) is 0 Å². The monoisotopic (exact) mass is 289 g/mol. The van der Waals surface area contributed by atoms with Gasteiger partial charge in [-0.15, -0.1) is 0 Å². The van der Waals surface area contributed by atoms with Gasteiger partial charge in [-0.1, -0.05) is 0 Å². The van der Waals surface area contributed by atoms with Crippen molar-refractivity contribution >= 4 is 17.6 Å². The molecule has 3 rings (SSSR count). The first-order chi connectivity index (χ1) is 10.2. The summed E-state index contributed by atoms with van der Waals surface area (Å²) in [7, 11) is 1.34. The van der Waals surface area contributed by atoms with Gasteiger partial charge >= 0.3 is 5.97 Å². The van der Waals surface area contributed by atoms with Crippen molar-refractivity contribution in [1.82, 2.24) is 0 Å². The molecule has 1 amide bonds. The second-order valence-electron chi connectivity index (χ2n) is 5.53. The number of nitrogens with one attached hydrogen (secondary N) is 1. The molecular weight excluding hydrogens is 270 g/mol. The molecule has 0 bridgehead atoms. The highest BCUT2D eigenvalue weighted by Gasteiger charge is 2.29. The number of benzene rings is 1. The summed E-state index contributed by atoms with van der Waals surface area (Å²) in [6, 6.07) is 4.06. The van der Waals surface area contributed by atoms with Crippen LogP contribution < -0.4 is 10.1 Å². The van der Waals surface area contributed by atoms with Crippen LogP contribution in [0.3, 0.4) is 0 Å². The lowest BCUT2D eigenvalue weighted by Gasteiger charge is -2.28. The van der Waals surface area contributed by atoms with E-state index in [1.807, 2.05) is 12.1 Å². The summed E-state index contributed by atoms with van der Waals surface area (Å²) in [5.74, 6) is 0.190. The number of hydrogen-bond acceptors (Lipinski definition) is 4. The summed E-state index contributed by atoms with van der Waals surface area (Å²) < 4.78 is 10.4. The van der Waals surface area contributed by atoms with Crippen LogP contribution in [0.15, 0.2) is 12.1 Å². The Morgan fingerprint density at radius 2 is 2.05 bits per heavy atom. The molecule has 1 aliphatic heterocycles. The van der Waals surface area contributed by atoms with Crippen LogP contribution in [-0.4, -0.2) is 25.1 Å². The van der Waals surface area contributed by atoms with Crippen molar-refractivity contribution in [3.8, 4) is 5.75 Å². The van der Waals surface area contributed by atoms with E-state index in [1.54, 1.807) is 0 Å². The second-order valence-corrected chi connectivity index (χ2v) is 5.53. The number of carbonyl (C=O) groups is 2. The van der Waals surface area contributed by atoms with E-state index in [0.717, 1.165) is 18.5 Å². The summed E-state index contributed by atoms with van der Waals surface area (Å²) in [6.45, 7) is 0. The van der Waals surface area contributed by atoms with Crippen molar-refractivity contribution in [2.24, 2.45) is 0 Å². The van der Waals surface area contributed by atoms with Gasteiger partial charge in [-0.25, -0.2) is 0 Å². The van der Waals surface area contributed by atoms with E-state index in [0.29, 0.717) is 12.2 Å². The average molecular weight is 289 g/mol. The molecule has 5 heteroatoms. The minimum Gasteiger partial charge on any atom is -0.478 e. The zero-order chi connectivity index (χ0) is 14.8. The molecule has 1 heterocycles. The van der Waals surface area contributed by atoms with Crippen LogP contribution in [0.4, 0.5) is 5.69 Å². The van der Waals surface area contributed by atoms with E-state index in [2.05, 4.69) is 10.1 Å². The maximum absolute atomic E-state index is 12.0. The molecule has 1 aromatic carbocycles. The number of esters is 1. The van der Waals surface area contributed by atoms with Crippen LogP contribution in [0, 0.1) is 0 Å². The van der Waals surface area contributed by atoms with Crippen LogP contribution in [-0.2, 0) is 27.2 Å². The highest BCUT2D eigenvalue weighted by molar-refractivity contribution is 5.98. The zero-order valence-corrected chi connectivity index (χ0v) is 12.1. The first-order valence-corrected chi connectivity index (χ1v) is 7.37. The molecule has 0 spiro atoms. The summed E-state index contributed by atoms with van der Waals surface area (Å²) in [5.41, 5.74) is 3.36. The third-order valence-corrected chi connectivity index (χ3v) is 4.10. The Morgan fingerprint density at radius 3 is 2.76 bits per heavy atom. The number of anilines is 1. The molecule has 1 atom stereocenters. The first kappa shape index (κ1) is 13.9. The fraction of sp³-hybridized carbons (Fsp3) is 0.500. The molecule has 1 N–H and O–H groups in total. The third kappa shape index (κ3) is 2.86. The van der Waals surface area contributed by atoms with Gasteiger partial charge < -0.3 is 14.8 Å².